The van der Waals surface area contributed by atoms with Crippen LogP contribution < -0.4 is 0 Å². The smallest absolute Gasteiger partial charge is 0.331 e. The number of carbonyl (C=O) groups is 1. The van der Waals surface area contributed by atoms with Crippen molar-refractivity contribution >= 4 is 15.9 Å². The van der Waals surface area contributed by atoms with Crippen molar-refractivity contribution in [3.8, 4) is 0 Å². The first kappa shape index (κ1) is 22.8. The lowest BCUT2D eigenvalue weighted by Gasteiger charge is -2.26. The molecular formula is C23H25F3N2O3S. The fourth-order valence-electron chi connectivity index (χ4n) is 3.96. The number of amides is 1. The average molecular weight is 467 g/mol. The van der Waals surface area contributed by atoms with Gasteiger partial charge in [-0.3, -0.25) is 4.79 Å². The van der Waals surface area contributed by atoms with E-state index >= 15 is 0 Å². The Labute approximate surface area is 185 Å². The summed E-state index contributed by atoms with van der Waals surface area (Å²) in [5, 5.41) is 0. The number of nitrogens with zero attached hydrogens (tertiary/aromatic N) is 2. The summed E-state index contributed by atoms with van der Waals surface area (Å²) in [6.45, 7) is 1.12. The molecule has 0 radical (unpaired) electrons. The summed E-state index contributed by atoms with van der Waals surface area (Å²) in [5.41, 5.74) is 0.124. The Morgan fingerprint density at radius 3 is 2.25 bits per heavy atom. The highest BCUT2D eigenvalue weighted by molar-refractivity contribution is 7.89. The van der Waals surface area contributed by atoms with Crippen molar-refractivity contribution in [1.29, 1.82) is 0 Å². The minimum absolute atomic E-state index is 0.00662. The molecule has 1 saturated heterocycles. The van der Waals surface area contributed by atoms with Crippen molar-refractivity contribution < 1.29 is 26.4 Å². The molecule has 2 fully saturated rings. The first-order valence-corrected chi connectivity index (χ1v) is 12.2. The summed E-state index contributed by atoms with van der Waals surface area (Å²) >= 11 is 0. The van der Waals surface area contributed by atoms with Crippen LogP contribution in [-0.4, -0.2) is 42.7 Å². The van der Waals surface area contributed by atoms with Gasteiger partial charge in [0.05, 0.1) is 10.5 Å². The Morgan fingerprint density at radius 1 is 1.00 bits per heavy atom. The van der Waals surface area contributed by atoms with Gasteiger partial charge in [0.2, 0.25) is 10.0 Å². The molecule has 1 amide bonds. The van der Waals surface area contributed by atoms with Crippen LogP contribution in [0.15, 0.2) is 53.4 Å². The number of hydrogen-bond donors (Lipinski definition) is 0. The van der Waals surface area contributed by atoms with Gasteiger partial charge >= 0.3 is 6.18 Å². The number of rotatable bonds is 6. The van der Waals surface area contributed by atoms with Crippen LogP contribution in [-0.2, 0) is 22.7 Å². The van der Waals surface area contributed by atoms with E-state index in [1.54, 1.807) is 17.0 Å². The molecule has 0 N–H and O–H groups in total. The van der Waals surface area contributed by atoms with Crippen LogP contribution in [0.1, 0.15) is 53.6 Å². The highest BCUT2D eigenvalue weighted by Gasteiger charge is 2.35. The van der Waals surface area contributed by atoms with Crippen molar-refractivity contribution in [1.82, 2.24) is 9.21 Å². The van der Waals surface area contributed by atoms with Crippen molar-refractivity contribution in [3.63, 3.8) is 0 Å². The third-order valence-electron chi connectivity index (χ3n) is 5.92. The summed E-state index contributed by atoms with van der Waals surface area (Å²) in [5.74, 6) is -0.317. The zero-order chi connectivity index (χ0) is 22.9. The number of hydrogen-bond acceptors (Lipinski definition) is 3. The Morgan fingerprint density at radius 2 is 1.66 bits per heavy atom. The molecule has 0 atom stereocenters. The normalized spacial score (nSPS) is 17.8. The van der Waals surface area contributed by atoms with Gasteiger partial charge in [0, 0.05) is 31.2 Å². The molecule has 2 aromatic carbocycles. The van der Waals surface area contributed by atoms with E-state index in [1.807, 2.05) is 0 Å². The Balaban J connectivity index is 1.55. The van der Waals surface area contributed by atoms with Crippen LogP contribution in [0.25, 0.3) is 0 Å². The van der Waals surface area contributed by atoms with Crippen LogP contribution in [0, 0.1) is 0 Å². The van der Waals surface area contributed by atoms with Gasteiger partial charge in [0.1, 0.15) is 0 Å². The minimum Gasteiger partial charge on any atom is -0.331 e. The molecule has 1 aliphatic heterocycles. The number of benzene rings is 2. The molecule has 2 aromatic rings. The highest BCUT2D eigenvalue weighted by atomic mass is 32.2. The first-order valence-electron chi connectivity index (χ1n) is 10.7. The van der Waals surface area contributed by atoms with Crippen LogP contribution in [0.4, 0.5) is 13.2 Å². The maximum atomic E-state index is 13.2. The van der Waals surface area contributed by atoms with Crippen LogP contribution >= 0.6 is 0 Å². The number of piperidine rings is 1. The van der Waals surface area contributed by atoms with Gasteiger partial charge in [-0.25, -0.2) is 8.42 Å². The van der Waals surface area contributed by atoms with E-state index in [0.717, 1.165) is 44.2 Å². The fourth-order valence-corrected chi connectivity index (χ4v) is 5.52. The van der Waals surface area contributed by atoms with Gasteiger partial charge in [0.15, 0.2) is 0 Å². The molecule has 1 aliphatic carbocycles. The molecule has 172 valence electrons. The van der Waals surface area contributed by atoms with E-state index in [4.69, 9.17) is 0 Å². The number of alkyl halides is 3. The lowest BCUT2D eigenvalue weighted by atomic mass is 10.1. The van der Waals surface area contributed by atoms with Gasteiger partial charge in [-0.1, -0.05) is 24.6 Å². The van der Waals surface area contributed by atoms with E-state index in [9.17, 15) is 26.4 Å². The first-order chi connectivity index (χ1) is 15.2. The lowest BCUT2D eigenvalue weighted by molar-refractivity contribution is -0.137. The predicted octanol–water partition coefficient (Wildman–Crippen LogP) is 4.68. The molecule has 0 aromatic heterocycles. The largest absolute Gasteiger partial charge is 0.416 e. The Hall–Kier alpha value is -2.39. The van der Waals surface area contributed by atoms with Crippen LogP contribution in [0.2, 0.25) is 0 Å². The summed E-state index contributed by atoms with van der Waals surface area (Å²) < 4.78 is 65.9. The van der Waals surface area contributed by atoms with E-state index in [2.05, 4.69) is 0 Å². The van der Waals surface area contributed by atoms with E-state index < -0.39 is 21.8 Å². The molecule has 4 rings (SSSR count). The molecular weight excluding hydrogens is 441 g/mol. The van der Waals surface area contributed by atoms with Gasteiger partial charge < -0.3 is 4.90 Å². The molecule has 0 spiro atoms. The topological polar surface area (TPSA) is 57.7 Å². The second kappa shape index (κ2) is 8.86. The highest BCUT2D eigenvalue weighted by Crippen LogP contribution is 2.32. The van der Waals surface area contributed by atoms with Gasteiger partial charge in [-0.15, -0.1) is 0 Å². The van der Waals surface area contributed by atoms with Crippen molar-refractivity contribution in [2.75, 3.05) is 13.1 Å². The van der Waals surface area contributed by atoms with E-state index in [0.29, 0.717) is 18.7 Å². The molecule has 32 heavy (non-hydrogen) atoms. The molecule has 9 heteroatoms. The molecule has 5 nitrogen and oxygen atoms in total. The monoisotopic (exact) mass is 466 g/mol. The van der Waals surface area contributed by atoms with Crippen LogP contribution in [0.5, 0.6) is 0 Å². The van der Waals surface area contributed by atoms with Gasteiger partial charge in [0.25, 0.3) is 5.91 Å². The number of sulfonamides is 1. The molecule has 0 bridgehead atoms. The van der Waals surface area contributed by atoms with Crippen molar-refractivity contribution in [3.05, 3.63) is 65.2 Å². The standard InChI is InChI=1S/C23H25F3N2O3S/c24-23(25,26)19-9-7-17(8-10-19)16-28(20-11-12-20)22(29)18-5-4-6-21(15-18)32(30,31)27-13-2-1-3-14-27/h4-10,15,20H,1-3,11-14,16H2. The lowest BCUT2D eigenvalue weighted by Crippen LogP contribution is -2.36. The zero-order valence-corrected chi connectivity index (χ0v) is 18.3. The summed E-state index contributed by atoms with van der Waals surface area (Å²) in [4.78, 5) is 15.0. The molecule has 1 heterocycles. The number of carbonyl (C=O) groups excluding carboxylic acids is 1. The van der Waals surface area contributed by atoms with E-state index in [-0.39, 0.29) is 29.0 Å². The SMILES string of the molecule is O=C(c1cccc(S(=O)(=O)N2CCCCC2)c1)N(Cc1ccc(C(F)(F)F)cc1)C1CC1. The maximum absolute atomic E-state index is 13.2. The van der Waals surface area contributed by atoms with Crippen molar-refractivity contribution in [2.24, 2.45) is 0 Å². The zero-order valence-electron chi connectivity index (χ0n) is 17.5. The second-order valence-electron chi connectivity index (χ2n) is 8.35. The van der Waals surface area contributed by atoms with Crippen molar-refractivity contribution in [2.45, 2.75) is 55.8 Å². The summed E-state index contributed by atoms with van der Waals surface area (Å²) in [6.07, 6.45) is -0.132. The Bertz CT molecular complexity index is 1070. The predicted molar refractivity (Wildman–Crippen MR) is 113 cm³/mol. The third-order valence-corrected chi connectivity index (χ3v) is 7.81. The van der Waals surface area contributed by atoms with Crippen LogP contribution in [0.3, 0.4) is 0 Å². The second-order valence-corrected chi connectivity index (χ2v) is 10.3. The quantitative estimate of drug-likeness (QED) is 0.621. The minimum atomic E-state index is -4.41. The molecule has 0 unspecified atom stereocenters. The summed E-state index contributed by atoms with van der Waals surface area (Å²) in [6, 6.07) is 10.8. The van der Waals surface area contributed by atoms with E-state index in [1.165, 1.54) is 28.6 Å². The van der Waals surface area contributed by atoms with Gasteiger partial charge in [-0.05, 0) is 61.6 Å². The molecule has 1 saturated carbocycles. The van der Waals surface area contributed by atoms with Gasteiger partial charge in [-0.2, -0.15) is 17.5 Å². The fraction of sp³-hybridized carbons (Fsp3) is 0.435. The Kier molecular flexibility index (Phi) is 6.31. The summed E-state index contributed by atoms with van der Waals surface area (Å²) in [7, 11) is -3.67. The number of halogens is 3. The average Bonchev–Trinajstić information content (AvgIpc) is 3.63. The molecule has 2 aliphatic rings. The maximum Gasteiger partial charge on any atom is 0.416 e. The third kappa shape index (κ3) is 4.99.